The molecule has 0 amide bonds. The molecule has 2 aromatic carbocycles. The maximum Gasteiger partial charge on any atom is 0.314 e. The Hall–Kier alpha value is -2.29. The van der Waals surface area contributed by atoms with Gasteiger partial charge in [-0.3, -0.25) is 4.79 Å². The fourth-order valence-electron chi connectivity index (χ4n) is 2.93. The summed E-state index contributed by atoms with van der Waals surface area (Å²) < 4.78 is 5.95. The maximum atomic E-state index is 11.5. The van der Waals surface area contributed by atoms with Crippen molar-refractivity contribution in [1.29, 1.82) is 0 Å². The molecule has 1 N–H and O–H groups in total. The van der Waals surface area contributed by atoms with Gasteiger partial charge in [0.15, 0.2) is 0 Å². The molecule has 3 nitrogen and oxygen atoms in total. The Morgan fingerprint density at radius 2 is 1.73 bits per heavy atom. The number of ether oxygens (including phenoxy) is 1. The van der Waals surface area contributed by atoms with Crippen molar-refractivity contribution in [3.63, 3.8) is 0 Å². The maximum absolute atomic E-state index is 11.5. The molecule has 0 heterocycles. The Morgan fingerprint density at radius 1 is 1.14 bits per heavy atom. The fourth-order valence-corrected chi connectivity index (χ4v) is 2.93. The molecule has 114 valence electrons. The summed E-state index contributed by atoms with van der Waals surface area (Å²) in [5.74, 6) is 0.137. The molecule has 0 aliphatic heterocycles. The Bertz CT molecular complexity index is 677. The zero-order chi connectivity index (χ0) is 15.7. The lowest BCUT2D eigenvalue weighted by atomic mass is 9.92. The fraction of sp³-hybridized carbons (Fsp3) is 0.316. The van der Waals surface area contributed by atoms with E-state index in [4.69, 9.17) is 4.74 Å². The molecule has 0 spiro atoms. The van der Waals surface area contributed by atoms with E-state index in [1.165, 1.54) is 0 Å². The first-order valence-electron chi connectivity index (χ1n) is 7.55. The van der Waals surface area contributed by atoms with Crippen molar-refractivity contribution < 1.29 is 14.6 Å². The second-order valence-electron chi connectivity index (χ2n) is 6.10. The van der Waals surface area contributed by atoms with Crippen LogP contribution < -0.4 is 4.74 Å². The van der Waals surface area contributed by atoms with Gasteiger partial charge < -0.3 is 9.84 Å². The lowest BCUT2D eigenvalue weighted by Crippen LogP contribution is -2.20. The number of benzene rings is 2. The van der Waals surface area contributed by atoms with Gasteiger partial charge in [0.2, 0.25) is 0 Å². The van der Waals surface area contributed by atoms with Crippen LogP contribution in [0.5, 0.6) is 5.75 Å². The summed E-state index contributed by atoms with van der Waals surface area (Å²) >= 11 is 0. The first-order valence-corrected chi connectivity index (χ1v) is 7.55. The predicted octanol–water partition coefficient (Wildman–Crippen LogP) is 4.00. The van der Waals surface area contributed by atoms with Crippen molar-refractivity contribution in [1.82, 2.24) is 0 Å². The lowest BCUT2D eigenvalue weighted by molar-refractivity contribution is -0.140. The van der Waals surface area contributed by atoms with Crippen LogP contribution in [0.3, 0.4) is 0 Å². The highest BCUT2D eigenvalue weighted by atomic mass is 16.5. The number of rotatable bonds is 5. The number of carboxylic acids is 1. The number of aliphatic carboxylic acids is 1. The van der Waals surface area contributed by atoms with Crippen molar-refractivity contribution in [2.75, 3.05) is 0 Å². The van der Waals surface area contributed by atoms with E-state index < -0.39 is 11.4 Å². The van der Waals surface area contributed by atoms with Crippen LogP contribution in [0, 0.1) is 13.8 Å². The summed E-state index contributed by atoms with van der Waals surface area (Å²) in [5, 5.41) is 9.43. The van der Waals surface area contributed by atoms with E-state index in [1.807, 2.05) is 56.3 Å². The minimum atomic E-state index is -0.718. The van der Waals surface area contributed by atoms with Gasteiger partial charge in [-0.25, -0.2) is 0 Å². The number of carboxylic acid groups (broad SMARTS) is 1. The Morgan fingerprint density at radius 3 is 2.23 bits per heavy atom. The average molecular weight is 296 g/mol. The number of hydrogen-bond acceptors (Lipinski definition) is 2. The first-order chi connectivity index (χ1) is 10.5. The van der Waals surface area contributed by atoms with Crippen LogP contribution in [0.15, 0.2) is 42.5 Å². The summed E-state index contributed by atoms with van der Waals surface area (Å²) in [6, 6.07) is 14.0. The second kappa shape index (κ2) is 5.48. The van der Waals surface area contributed by atoms with E-state index in [1.54, 1.807) is 0 Å². The van der Waals surface area contributed by atoms with E-state index in [0.717, 1.165) is 40.8 Å². The first kappa shape index (κ1) is 14.6. The molecule has 2 aromatic rings. The molecule has 0 unspecified atom stereocenters. The molecular weight excluding hydrogens is 276 g/mol. The van der Waals surface area contributed by atoms with Crippen LogP contribution in [0.25, 0.3) is 0 Å². The zero-order valence-corrected chi connectivity index (χ0v) is 12.9. The summed E-state index contributed by atoms with van der Waals surface area (Å²) in [4.78, 5) is 11.5. The zero-order valence-electron chi connectivity index (χ0n) is 12.9. The lowest BCUT2D eigenvalue weighted by Gasteiger charge is -2.17. The monoisotopic (exact) mass is 296 g/mol. The van der Waals surface area contributed by atoms with Crippen molar-refractivity contribution in [3.8, 4) is 5.75 Å². The molecule has 0 bridgehead atoms. The largest absolute Gasteiger partial charge is 0.488 e. The van der Waals surface area contributed by atoms with Gasteiger partial charge in [0.05, 0.1) is 5.41 Å². The third kappa shape index (κ3) is 2.59. The minimum Gasteiger partial charge on any atom is -0.488 e. The predicted molar refractivity (Wildman–Crippen MR) is 85.2 cm³/mol. The number of carbonyl (C=O) groups is 1. The standard InChI is InChI=1S/C19H20O3/c1-13-10-16(19(8-9-19)18(20)21)11-14(2)17(13)22-12-15-6-4-3-5-7-15/h3-7,10-11H,8-9,12H2,1-2H3,(H,20,21). The van der Waals surface area contributed by atoms with Crippen LogP contribution in [-0.4, -0.2) is 11.1 Å². The molecule has 0 radical (unpaired) electrons. The van der Waals surface area contributed by atoms with Crippen LogP contribution in [0.1, 0.15) is 35.1 Å². The van der Waals surface area contributed by atoms with E-state index in [2.05, 4.69) is 0 Å². The SMILES string of the molecule is Cc1cc(C2(C(=O)O)CC2)cc(C)c1OCc1ccccc1. The molecule has 1 aliphatic rings. The summed E-state index contributed by atoms with van der Waals surface area (Å²) in [6.07, 6.45) is 1.46. The van der Waals surface area contributed by atoms with E-state index in [9.17, 15) is 9.90 Å². The normalized spacial score (nSPS) is 15.4. The van der Waals surface area contributed by atoms with Gasteiger partial charge in [0.1, 0.15) is 12.4 Å². The molecule has 3 heteroatoms. The van der Waals surface area contributed by atoms with Crippen molar-refractivity contribution in [3.05, 3.63) is 64.7 Å². The highest BCUT2D eigenvalue weighted by Gasteiger charge is 2.51. The molecule has 1 saturated carbocycles. The molecule has 22 heavy (non-hydrogen) atoms. The van der Waals surface area contributed by atoms with Gasteiger partial charge in [-0.05, 0) is 48.9 Å². The average Bonchev–Trinajstić information content (AvgIpc) is 3.29. The van der Waals surface area contributed by atoms with Gasteiger partial charge in [-0.15, -0.1) is 0 Å². The molecule has 1 aliphatic carbocycles. The number of hydrogen-bond donors (Lipinski definition) is 1. The Kier molecular flexibility index (Phi) is 3.65. The third-order valence-corrected chi connectivity index (χ3v) is 4.40. The second-order valence-corrected chi connectivity index (χ2v) is 6.10. The molecule has 3 rings (SSSR count). The summed E-state index contributed by atoms with van der Waals surface area (Å²) in [7, 11) is 0. The molecule has 0 aromatic heterocycles. The summed E-state index contributed by atoms with van der Waals surface area (Å²) in [6.45, 7) is 4.48. The van der Waals surface area contributed by atoms with Gasteiger partial charge in [-0.2, -0.15) is 0 Å². The highest BCUT2D eigenvalue weighted by molar-refractivity contribution is 5.85. The van der Waals surface area contributed by atoms with E-state index >= 15 is 0 Å². The molecule has 0 atom stereocenters. The molecule has 1 fully saturated rings. The van der Waals surface area contributed by atoms with E-state index in [-0.39, 0.29) is 0 Å². The topological polar surface area (TPSA) is 46.5 Å². The van der Waals surface area contributed by atoms with Gasteiger partial charge >= 0.3 is 5.97 Å². The van der Waals surface area contributed by atoms with Gasteiger partial charge in [-0.1, -0.05) is 42.5 Å². The third-order valence-electron chi connectivity index (χ3n) is 4.40. The van der Waals surface area contributed by atoms with Gasteiger partial charge in [0, 0.05) is 0 Å². The van der Waals surface area contributed by atoms with Crippen molar-refractivity contribution in [2.24, 2.45) is 0 Å². The number of aryl methyl sites for hydroxylation is 2. The minimum absolute atomic E-state index is 0.520. The summed E-state index contributed by atoms with van der Waals surface area (Å²) in [5.41, 5.74) is 3.36. The smallest absolute Gasteiger partial charge is 0.314 e. The van der Waals surface area contributed by atoms with Gasteiger partial charge in [0.25, 0.3) is 0 Å². The van der Waals surface area contributed by atoms with Crippen LogP contribution >= 0.6 is 0 Å². The Balaban J connectivity index is 1.83. The van der Waals surface area contributed by atoms with Crippen LogP contribution in [-0.2, 0) is 16.8 Å². The molecular formula is C19H20O3. The van der Waals surface area contributed by atoms with Crippen molar-refractivity contribution in [2.45, 2.75) is 38.7 Å². The van der Waals surface area contributed by atoms with Crippen LogP contribution in [0.4, 0.5) is 0 Å². The van der Waals surface area contributed by atoms with Crippen LogP contribution in [0.2, 0.25) is 0 Å². The van der Waals surface area contributed by atoms with E-state index in [0.29, 0.717) is 6.61 Å². The highest BCUT2D eigenvalue weighted by Crippen LogP contribution is 2.49. The quantitative estimate of drug-likeness (QED) is 0.907. The molecule has 0 saturated heterocycles. The van der Waals surface area contributed by atoms with Crippen molar-refractivity contribution >= 4 is 5.97 Å². The Labute approximate surface area is 130 Å².